The number of piperazine rings is 1. The molecule has 4 rings (SSSR count). The van der Waals surface area contributed by atoms with Crippen LogP contribution in [-0.4, -0.2) is 54.9 Å². The maximum Gasteiger partial charge on any atom is 0.289 e. The Morgan fingerprint density at radius 2 is 1.79 bits per heavy atom. The third kappa shape index (κ3) is 4.67. The minimum Gasteiger partial charge on any atom is -0.485 e. The molecule has 3 aromatic rings. The highest BCUT2D eigenvalue weighted by molar-refractivity contribution is 7.89. The number of carbonyl (C=O) groups is 1. The summed E-state index contributed by atoms with van der Waals surface area (Å²) in [4.78, 5) is 14.6. The number of hydrogen-bond donors (Lipinski definition) is 0. The van der Waals surface area contributed by atoms with Gasteiger partial charge in [0.15, 0.2) is 11.5 Å². The molecular weight excluding hydrogens is 446 g/mol. The fraction of sp³-hybridized carbons (Fsp3) is 0.391. The van der Waals surface area contributed by atoms with Crippen LogP contribution in [0.4, 0.5) is 0 Å². The van der Waals surface area contributed by atoms with Crippen molar-refractivity contribution in [2.45, 2.75) is 39.2 Å². The minimum atomic E-state index is -3.73. The maximum absolute atomic E-state index is 13.0. The van der Waals surface area contributed by atoms with Crippen LogP contribution >= 0.6 is 0 Å². The summed E-state index contributed by atoms with van der Waals surface area (Å²) >= 11 is 0. The Hall–Kier alpha value is -3.11. The van der Waals surface area contributed by atoms with Crippen molar-refractivity contribution in [2.24, 2.45) is 0 Å². The lowest BCUT2D eigenvalue weighted by molar-refractivity contribution is 0.0662. The quantitative estimate of drug-likeness (QED) is 0.541. The molecule has 0 aliphatic carbocycles. The first kappa shape index (κ1) is 23.1. The topological polar surface area (TPSA) is 106 Å². The van der Waals surface area contributed by atoms with Crippen molar-refractivity contribution < 1.29 is 26.9 Å². The lowest BCUT2D eigenvalue weighted by Crippen LogP contribution is -2.50. The Morgan fingerprint density at radius 1 is 1.06 bits per heavy atom. The zero-order valence-corrected chi connectivity index (χ0v) is 19.9. The average Bonchev–Trinajstić information content (AvgIpc) is 3.39. The molecule has 33 heavy (non-hydrogen) atoms. The van der Waals surface area contributed by atoms with Crippen LogP contribution in [0.5, 0.6) is 5.75 Å². The van der Waals surface area contributed by atoms with Crippen molar-refractivity contribution in [3.05, 3.63) is 64.4 Å². The zero-order valence-electron chi connectivity index (χ0n) is 19.1. The number of benzene rings is 1. The molecule has 0 spiro atoms. The molecule has 2 aromatic heterocycles. The number of hydrogen-bond acceptors (Lipinski definition) is 7. The van der Waals surface area contributed by atoms with Gasteiger partial charge in [0.2, 0.25) is 10.0 Å². The third-order valence-corrected chi connectivity index (χ3v) is 7.81. The van der Waals surface area contributed by atoms with E-state index in [0.29, 0.717) is 11.5 Å². The third-order valence-electron chi connectivity index (χ3n) is 5.66. The summed E-state index contributed by atoms with van der Waals surface area (Å²) in [6.45, 7) is 8.27. The van der Waals surface area contributed by atoms with Gasteiger partial charge < -0.3 is 18.6 Å². The number of aryl methyl sites for hydroxylation is 4. The number of carbonyl (C=O) groups excluding carboxylic acids is 1. The Labute approximate surface area is 193 Å². The van der Waals surface area contributed by atoms with Gasteiger partial charge in [-0.15, -0.1) is 0 Å². The SMILES string of the molecule is Cc1ccc(OCc2ccc(C(=O)N3CCN(S(=O)(=O)c4c(C)noc4C)CC3)o2)c(C)c1. The standard InChI is InChI=1S/C23H27N3O6S/c1-15-5-7-20(16(2)13-15)30-14-19-6-8-21(31-19)23(27)25-9-11-26(12-10-25)33(28,29)22-17(3)24-32-18(22)4/h5-8,13H,9-12,14H2,1-4H3. The molecule has 1 aromatic carbocycles. The molecule has 1 fully saturated rings. The first-order valence-corrected chi connectivity index (χ1v) is 12.1. The lowest BCUT2D eigenvalue weighted by Gasteiger charge is -2.33. The molecule has 3 heterocycles. The van der Waals surface area contributed by atoms with Crippen molar-refractivity contribution in [1.29, 1.82) is 0 Å². The largest absolute Gasteiger partial charge is 0.485 e. The summed E-state index contributed by atoms with van der Waals surface area (Å²) in [7, 11) is -3.73. The Morgan fingerprint density at radius 3 is 2.42 bits per heavy atom. The van der Waals surface area contributed by atoms with Gasteiger partial charge in [0.1, 0.15) is 28.7 Å². The highest BCUT2D eigenvalue weighted by atomic mass is 32.2. The van der Waals surface area contributed by atoms with Gasteiger partial charge >= 0.3 is 0 Å². The minimum absolute atomic E-state index is 0.0989. The summed E-state index contributed by atoms with van der Waals surface area (Å²) in [5, 5.41) is 3.74. The second-order valence-corrected chi connectivity index (χ2v) is 10.0. The predicted molar refractivity (Wildman–Crippen MR) is 120 cm³/mol. The Kier molecular flexibility index (Phi) is 6.31. The highest BCUT2D eigenvalue weighted by Crippen LogP contribution is 2.25. The number of furan rings is 1. The number of amides is 1. The molecule has 0 radical (unpaired) electrons. The van der Waals surface area contributed by atoms with Crippen LogP contribution in [0.15, 0.2) is 44.2 Å². The van der Waals surface area contributed by atoms with Crippen LogP contribution in [0, 0.1) is 27.7 Å². The molecule has 0 atom stereocenters. The second kappa shape index (κ2) is 9.03. The van der Waals surface area contributed by atoms with E-state index in [9.17, 15) is 13.2 Å². The summed E-state index contributed by atoms with van der Waals surface area (Å²) < 4.78 is 43.8. The Bertz CT molecular complexity index is 1250. The summed E-state index contributed by atoms with van der Waals surface area (Å²) in [6.07, 6.45) is 0. The van der Waals surface area contributed by atoms with Gasteiger partial charge in [-0.05, 0) is 51.5 Å². The normalized spacial score (nSPS) is 15.1. The molecule has 0 saturated carbocycles. The van der Waals surface area contributed by atoms with Gasteiger partial charge in [-0.25, -0.2) is 8.42 Å². The summed E-state index contributed by atoms with van der Waals surface area (Å²) in [5.41, 5.74) is 2.52. The van der Waals surface area contributed by atoms with E-state index in [0.717, 1.165) is 16.9 Å². The molecule has 0 unspecified atom stereocenters. The van der Waals surface area contributed by atoms with Crippen LogP contribution in [0.1, 0.15) is 38.9 Å². The fourth-order valence-electron chi connectivity index (χ4n) is 3.94. The van der Waals surface area contributed by atoms with Gasteiger partial charge in [0, 0.05) is 26.2 Å². The summed E-state index contributed by atoms with van der Waals surface area (Å²) in [6, 6.07) is 9.27. The molecule has 10 heteroatoms. The van der Waals surface area contributed by atoms with Crippen LogP contribution in [0.3, 0.4) is 0 Å². The van der Waals surface area contributed by atoms with Crippen molar-refractivity contribution in [3.63, 3.8) is 0 Å². The first-order chi connectivity index (χ1) is 15.7. The van der Waals surface area contributed by atoms with Gasteiger partial charge in [-0.1, -0.05) is 22.9 Å². The first-order valence-electron chi connectivity index (χ1n) is 10.7. The number of aromatic nitrogens is 1. The monoisotopic (exact) mass is 473 g/mol. The van der Waals surface area contributed by atoms with E-state index in [1.165, 1.54) is 4.31 Å². The average molecular weight is 474 g/mol. The van der Waals surface area contributed by atoms with Crippen molar-refractivity contribution in [3.8, 4) is 5.75 Å². The van der Waals surface area contributed by atoms with E-state index in [1.807, 2.05) is 32.0 Å². The number of nitrogens with zero attached hydrogens (tertiary/aromatic N) is 3. The lowest BCUT2D eigenvalue weighted by atomic mass is 10.1. The molecular formula is C23H27N3O6S. The molecule has 9 nitrogen and oxygen atoms in total. The fourth-order valence-corrected chi connectivity index (χ4v) is 5.65. The molecule has 0 N–H and O–H groups in total. The molecule has 1 aliphatic heterocycles. The van der Waals surface area contributed by atoms with Gasteiger partial charge in [0.25, 0.3) is 5.91 Å². The van der Waals surface area contributed by atoms with Crippen molar-refractivity contribution in [2.75, 3.05) is 26.2 Å². The van der Waals surface area contributed by atoms with E-state index in [2.05, 4.69) is 5.16 Å². The van der Waals surface area contributed by atoms with E-state index in [-0.39, 0.29) is 55.1 Å². The van der Waals surface area contributed by atoms with Crippen LogP contribution in [-0.2, 0) is 16.6 Å². The molecule has 1 aliphatic rings. The zero-order chi connectivity index (χ0) is 23.8. The van der Waals surface area contributed by atoms with Crippen molar-refractivity contribution >= 4 is 15.9 Å². The molecule has 0 bridgehead atoms. The van der Waals surface area contributed by atoms with Crippen LogP contribution < -0.4 is 4.74 Å². The predicted octanol–water partition coefficient (Wildman–Crippen LogP) is 3.23. The van der Waals surface area contributed by atoms with Gasteiger partial charge in [0.05, 0.1) is 0 Å². The summed E-state index contributed by atoms with van der Waals surface area (Å²) in [5.74, 6) is 1.49. The van der Waals surface area contributed by atoms with Gasteiger partial charge in [-0.3, -0.25) is 4.79 Å². The maximum atomic E-state index is 13.0. The number of ether oxygens (including phenoxy) is 1. The molecule has 1 amide bonds. The highest BCUT2D eigenvalue weighted by Gasteiger charge is 2.34. The molecule has 176 valence electrons. The Balaban J connectivity index is 1.36. The van der Waals surface area contributed by atoms with E-state index >= 15 is 0 Å². The van der Waals surface area contributed by atoms with Crippen molar-refractivity contribution in [1.82, 2.24) is 14.4 Å². The number of sulfonamides is 1. The smallest absolute Gasteiger partial charge is 0.289 e. The van der Waals surface area contributed by atoms with Crippen LogP contribution in [0.2, 0.25) is 0 Å². The second-order valence-electron chi connectivity index (χ2n) is 8.17. The van der Waals surface area contributed by atoms with E-state index in [1.54, 1.807) is 30.9 Å². The van der Waals surface area contributed by atoms with Crippen LogP contribution in [0.25, 0.3) is 0 Å². The number of rotatable bonds is 6. The molecule has 1 saturated heterocycles. The van der Waals surface area contributed by atoms with E-state index < -0.39 is 10.0 Å². The van der Waals surface area contributed by atoms with Gasteiger partial charge in [-0.2, -0.15) is 4.31 Å². The van der Waals surface area contributed by atoms with E-state index in [4.69, 9.17) is 13.7 Å².